The molecule has 0 aromatic heterocycles. The van der Waals surface area contributed by atoms with Crippen LogP contribution in [0.2, 0.25) is 0 Å². The van der Waals surface area contributed by atoms with E-state index in [0.717, 1.165) is 50.3 Å². The molecule has 0 bridgehead atoms. The summed E-state index contributed by atoms with van der Waals surface area (Å²) >= 11 is 0. The Bertz CT molecular complexity index is 462. The highest BCUT2D eigenvalue weighted by atomic mass is 16.5. The number of hydrazone groups is 1. The molecule has 2 heterocycles. The van der Waals surface area contributed by atoms with Crippen LogP contribution in [0, 0.1) is 11.8 Å². The van der Waals surface area contributed by atoms with Crippen molar-refractivity contribution >= 4 is 5.71 Å². The van der Waals surface area contributed by atoms with E-state index in [-0.39, 0.29) is 5.92 Å². The minimum absolute atomic E-state index is 0.158. The van der Waals surface area contributed by atoms with Crippen LogP contribution in [0.4, 0.5) is 0 Å². The second-order valence-corrected chi connectivity index (χ2v) is 6.95. The van der Waals surface area contributed by atoms with E-state index in [9.17, 15) is 5.11 Å². The topological polar surface area (TPSA) is 45.1 Å². The van der Waals surface area contributed by atoms with Crippen molar-refractivity contribution in [2.24, 2.45) is 16.9 Å². The van der Waals surface area contributed by atoms with Gasteiger partial charge in [-0.1, -0.05) is 39.0 Å². The summed E-state index contributed by atoms with van der Waals surface area (Å²) in [6, 6.07) is 0.312. The van der Waals surface area contributed by atoms with Crippen molar-refractivity contribution in [3.63, 3.8) is 0 Å². The maximum atomic E-state index is 10.6. The fourth-order valence-electron chi connectivity index (χ4n) is 3.21. The molecule has 1 N–H and O–H groups in total. The molecule has 1 saturated heterocycles. The molecule has 0 spiro atoms. The molecule has 2 aliphatic heterocycles. The summed E-state index contributed by atoms with van der Waals surface area (Å²) < 4.78 is 5.47. The molecule has 4 nitrogen and oxygen atoms in total. The van der Waals surface area contributed by atoms with Crippen LogP contribution in [0.3, 0.4) is 0 Å². The predicted octanol–water partition coefficient (Wildman–Crippen LogP) is 3.38. The zero-order chi connectivity index (χ0) is 16.8. The molecule has 4 heteroatoms. The lowest BCUT2D eigenvalue weighted by Crippen LogP contribution is -2.41. The number of rotatable bonds is 6. The fourth-order valence-corrected chi connectivity index (χ4v) is 3.21. The molecule has 2 unspecified atom stereocenters. The third kappa shape index (κ3) is 4.67. The molecule has 2 rings (SSSR count). The van der Waals surface area contributed by atoms with Crippen molar-refractivity contribution in [1.29, 1.82) is 0 Å². The Balaban J connectivity index is 2.21. The number of aliphatic hydroxyl groups excluding tert-OH is 1. The Morgan fingerprint density at radius 3 is 2.65 bits per heavy atom. The molecule has 0 saturated carbocycles. The zero-order valence-corrected chi connectivity index (χ0v) is 15.0. The van der Waals surface area contributed by atoms with E-state index in [2.05, 4.69) is 24.1 Å². The van der Waals surface area contributed by atoms with Crippen LogP contribution >= 0.6 is 0 Å². The van der Waals surface area contributed by atoms with Crippen molar-refractivity contribution in [1.82, 2.24) is 5.01 Å². The molecular formula is C19H32N2O2. The molecule has 0 amide bonds. The molecule has 1 fully saturated rings. The van der Waals surface area contributed by atoms with Gasteiger partial charge in [-0.3, -0.25) is 5.01 Å². The number of hydrogen-bond donors (Lipinski definition) is 1. The lowest BCUT2D eigenvalue weighted by Gasteiger charge is -2.36. The van der Waals surface area contributed by atoms with Gasteiger partial charge >= 0.3 is 0 Å². The highest BCUT2D eigenvalue weighted by Crippen LogP contribution is 2.25. The smallest absolute Gasteiger partial charge is 0.101 e. The quantitative estimate of drug-likeness (QED) is 0.816. The molecule has 2 atom stereocenters. The Hall–Kier alpha value is -1.13. The van der Waals surface area contributed by atoms with E-state index >= 15 is 0 Å². The van der Waals surface area contributed by atoms with Gasteiger partial charge in [0.2, 0.25) is 0 Å². The largest absolute Gasteiger partial charge is 0.386 e. The Labute approximate surface area is 140 Å². The van der Waals surface area contributed by atoms with Gasteiger partial charge in [0.25, 0.3) is 0 Å². The van der Waals surface area contributed by atoms with Crippen LogP contribution in [0.1, 0.15) is 47.0 Å². The van der Waals surface area contributed by atoms with Gasteiger partial charge in [-0.15, -0.1) is 0 Å². The van der Waals surface area contributed by atoms with Crippen LogP contribution < -0.4 is 0 Å². The first-order valence-corrected chi connectivity index (χ1v) is 9.02. The monoisotopic (exact) mass is 320 g/mol. The molecule has 0 aromatic rings. The molecule has 2 aliphatic rings. The van der Waals surface area contributed by atoms with Crippen molar-refractivity contribution in [2.45, 2.75) is 59.1 Å². The van der Waals surface area contributed by atoms with Crippen LogP contribution in [0.5, 0.6) is 0 Å². The van der Waals surface area contributed by atoms with Gasteiger partial charge in [0.05, 0.1) is 11.8 Å². The number of allylic oxidation sites excluding steroid dienone is 2. The summed E-state index contributed by atoms with van der Waals surface area (Å²) in [4.78, 5) is 0. The predicted molar refractivity (Wildman–Crippen MR) is 95.5 cm³/mol. The molecule has 0 radical (unpaired) electrons. The van der Waals surface area contributed by atoms with Crippen LogP contribution in [0.25, 0.3) is 0 Å². The average Bonchev–Trinajstić information content (AvgIpc) is 2.56. The van der Waals surface area contributed by atoms with E-state index in [4.69, 9.17) is 9.84 Å². The van der Waals surface area contributed by atoms with E-state index in [1.165, 1.54) is 0 Å². The highest BCUT2D eigenvalue weighted by molar-refractivity contribution is 6.06. The number of ether oxygens (including phenoxy) is 1. The second kappa shape index (κ2) is 8.65. The number of aliphatic hydroxyl groups is 1. The number of hydrogen-bond acceptors (Lipinski definition) is 4. The van der Waals surface area contributed by atoms with Gasteiger partial charge in [-0.25, -0.2) is 0 Å². The van der Waals surface area contributed by atoms with Crippen LogP contribution in [0.15, 0.2) is 28.9 Å². The summed E-state index contributed by atoms with van der Waals surface area (Å²) in [7, 11) is 0. The van der Waals surface area contributed by atoms with Crippen molar-refractivity contribution in [3.8, 4) is 0 Å². The summed E-state index contributed by atoms with van der Waals surface area (Å²) in [6.07, 6.45) is 9.08. The van der Waals surface area contributed by atoms with Gasteiger partial charge in [0, 0.05) is 19.8 Å². The van der Waals surface area contributed by atoms with Crippen LogP contribution in [-0.2, 0) is 4.74 Å². The van der Waals surface area contributed by atoms with Gasteiger partial charge in [0.1, 0.15) is 6.10 Å². The van der Waals surface area contributed by atoms with Gasteiger partial charge in [-0.2, -0.15) is 5.10 Å². The lowest BCUT2D eigenvalue weighted by molar-refractivity contribution is 0.0479. The minimum atomic E-state index is -0.521. The Morgan fingerprint density at radius 1 is 1.39 bits per heavy atom. The molecule has 23 heavy (non-hydrogen) atoms. The summed E-state index contributed by atoms with van der Waals surface area (Å²) in [5.41, 5.74) is 1.89. The summed E-state index contributed by atoms with van der Waals surface area (Å²) in [5.74, 6) is 0.793. The Kier molecular flexibility index (Phi) is 6.85. The molecule has 130 valence electrons. The van der Waals surface area contributed by atoms with Crippen molar-refractivity contribution < 1.29 is 9.84 Å². The summed E-state index contributed by atoms with van der Waals surface area (Å²) in [5, 5.41) is 17.7. The lowest BCUT2D eigenvalue weighted by atomic mass is 9.92. The van der Waals surface area contributed by atoms with E-state index in [0.29, 0.717) is 12.0 Å². The normalized spacial score (nSPS) is 25.0. The van der Waals surface area contributed by atoms with E-state index in [1.807, 2.05) is 26.8 Å². The summed E-state index contributed by atoms with van der Waals surface area (Å²) in [6.45, 7) is 11.0. The van der Waals surface area contributed by atoms with E-state index in [1.54, 1.807) is 0 Å². The minimum Gasteiger partial charge on any atom is -0.386 e. The maximum Gasteiger partial charge on any atom is 0.101 e. The van der Waals surface area contributed by atoms with E-state index < -0.39 is 6.10 Å². The second-order valence-electron chi connectivity index (χ2n) is 6.95. The Morgan fingerprint density at radius 2 is 2.09 bits per heavy atom. The molecule has 0 aromatic carbocycles. The third-order valence-electron chi connectivity index (χ3n) is 4.75. The molecular weight excluding hydrogens is 288 g/mol. The highest BCUT2D eigenvalue weighted by Gasteiger charge is 2.29. The first-order valence-electron chi connectivity index (χ1n) is 9.02. The van der Waals surface area contributed by atoms with Gasteiger partial charge in [0.15, 0.2) is 0 Å². The standard InChI is InChI=1S/C19H32N2O2/c1-5-7-16-12-17(6-2)21(13-15-8-10-23-11-9-15)20-18(16)19(22)14(3)4/h5,7,12,14-15,17,19,22H,6,8-11,13H2,1-4H3/b7-5-. The number of nitrogens with zero attached hydrogens (tertiary/aromatic N) is 2. The molecule has 0 aliphatic carbocycles. The third-order valence-corrected chi connectivity index (χ3v) is 4.75. The zero-order valence-electron chi connectivity index (χ0n) is 15.0. The van der Waals surface area contributed by atoms with Crippen LogP contribution in [-0.4, -0.2) is 47.7 Å². The maximum absolute atomic E-state index is 10.6. The first-order chi connectivity index (χ1) is 11.1. The van der Waals surface area contributed by atoms with Crippen molar-refractivity contribution in [3.05, 3.63) is 23.8 Å². The van der Waals surface area contributed by atoms with Gasteiger partial charge < -0.3 is 9.84 Å². The average molecular weight is 320 g/mol. The van der Waals surface area contributed by atoms with Gasteiger partial charge in [-0.05, 0) is 43.6 Å². The first kappa shape index (κ1) is 18.2. The van der Waals surface area contributed by atoms with Crippen molar-refractivity contribution in [2.75, 3.05) is 19.8 Å². The fraction of sp³-hybridized carbons (Fsp3) is 0.737. The SMILES string of the molecule is C/C=C\C1=CC(CC)N(CC2CCOCC2)N=C1C(O)C(C)C.